The number of halogens is 1. The summed E-state index contributed by atoms with van der Waals surface area (Å²) in [6, 6.07) is 4.53. The average Bonchev–Trinajstić information content (AvgIpc) is 3.52. The van der Waals surface area contributed by atoms with Gasteiger partial charge in [0.25, 0.3) is 0 Å². The van der Waals surface area contributed by atoms with Crippen LogP contribution in [0.5, 0.6) is 5.75 Å². The van der Waals surface area contributed by atoms with Gasteiger partial charge in [0.2, 0.25) is 5.91 Å². The normalized spacial score (nSPS) is 17.4. The zero-order chi connectivity index (χ0) is 20.5. The maximum absolute atomic E-state index is 13.0. The quantitative estimate of drug-likeness (QED) is 0.706. The van der Waals surface area contributed by atoms with Gasteiger partial charge in [-0.15, -0.1) is 6.42 Å². The van der Waals surface area contributed by atoms with E-state index >= 15 is 0 Å². The zero-order valence-corrected chi connectivity index (χ0v) is 17.4. The third kappa shape index (κ3) is 4.99. The number of nitrogens with zero attached hydrogens (tertiary/aromatic N) is 1. The van der Waals surface area contributed by atoms with E-state index in [1.807, 2.05) is 20.8 Å². The Morgan fingerprint density at radius 2 is 2.00 bits per heavy atom. The summed E-state index contributed by atoms with van der Waals surface area (Å²) in [6.07, 6.45) is 9.72. The minimum atomic E-state index is -0.758. The number of benzene rings is 1. The average molecular weight is 403 g/mol. The van der Waals surface area contributed by atoms with E-state index in [1.54, 1.807) is 18.2 Å². The van der Waals surface area contributed by atoms with Crippen LogP contribution in [0.4, 0.5) is 5.69 Å². The second kappa shape index (κ2) is 8.05. The summed E-state index contributed by atoms with van der Waals surface area (Å²) >= 11 is 6.40. The van der Waals surface area contributed by atoms with Gasteiger partial charge in [-0.3, -0.25) is 14.5 Å². The number of nitrogens with one attached hydrogen (secondary N) is 1. The van der Waals surface area contributed by atoms with Crippen LogP contribution >= 0.6 is 11.6 Å². The monoisotopic (exact) mass is 402 g/mol. The van der Waals surface area contributed by atoms with Crippen LogP contribution in [0.25, 0.3) is 0 Å². The smallest absolute Gasteiger partial charge is 0.303 e. The molecule has 3 rings (SSSR count). The third-order valence-corrected chi connectivity index (χ3v) is 5.25. The molecule has 2 saturated carbocycles. The summed E-state index contributed by atoms with van der Waals surface area (Å²) in [5.74, 6) is 2.55. The molecule has 0 aromatic heterocycles. The highest BCUT2D eigenvalue weighted by atomic mass is 35.5. The molecule has 1 atom stereocenters. The maximum Gasteiger partial charge on any atom is 0.303 e. The Bertz CT molecular complexity index is 801. The summed E-state index contributed by atoms with van der Waals surface area (Å²) in [4.78, 5) is 27.0. The van der Waals surface area contributed by atoms with Crippen LogP contribution in [0.15, 0.2) is 18.2 Å². The molecule has 2 amide bonds. The molecule has 1 aromatic carbocycles. The first-order valence-electron chi connectivity index (χ1n) is 9.73. The van der Waals surface area contributed by atoms with Crippen molar-refractivity contribution >= 4 is 29.1 Å². The molecule has 5 nitrogen and oxygen atoms in total. The van der Waals surface area contributed by atoms with Crippen LogP contribution in [0.3, 0.4) is 0 Å². The van der Waals surface area contributed by atoms with Gasteiger partial charge in [0.15, 0.2) is 0 Å². The number of rotatable bonds is 7. The molecule has 0 bridgehead atoms. The molecule has 28 heavy (non-hydrogen) atoms. The lowest BCUT2D eigenvalue weighted by molar-refractivity contribution is -0.127. The molecule has 0 aliphatic heterocycles. The molecule has 0 heterocycles. The lowest BCUT2D eigenvalue weighted by atomic mass is 9.84. The van der Waals surface area contributed by atoms with Gasteiger partial charge in [-0.1, -0.05) is 32.4 Å². The predicted octanol–water partition coefficient (Wildman–Crippen LogP) is 3.79. The first kappa shape index (κ1) is 20.5. The third-order valence-electron chi connectivity index (χ3n) is 4.96. The molecule has 0 spiro atoms. The SMILES string of the molecule is C#CC(=O)N(c1ccc(OCC2CC2)c(Cl)c1)C(C(=O)NC1CC1)C(C)(C)C. The lowest BCUT2D eigenvalue weighted by Gasteiger charge is -2.38. The van der Waals surface area contributed by atoms with Crippen molar-refractivity contribution in [1.82, 2.24) is 5.32 Å². The highest BCUT2D eigenvalue weighted by Gasteiger charge is 2.41. The van der Waals surface area contributed by atoms with E-state index in [2.05, 4.69) is 11.2 Å². The van der Waals surface area contributed by atoms with Crippen LogP contribution in [0.2, 0.25) is 5.02 Å². The first-order valence-corrected chi connectivity index (χ1v) is 10.1. The highest BCUT2D eigenvalue weighted by Crippen LogP contribution is 2.36. The van der Waals surface area contributed by atoms with Crippen LogP contribution in [0.1, 0.15) is 46.5 Å². The molecule has 6 heteroatoms. The van der Waals surface area contributed by atoms with Crippen molar-refractivity contribution in [1.29, 1.82) is 0 Å². The minimum absolute atomic E-state index is 0.182. The molecule has 1 aromatic rings. The number of amides is 2. The predicted molar refractivity (Wildman–Crippen MR) is 110 cm³/mol. The fourth-order valence-corrected chi connectivity index (χ4v) is 3.34. The maximum atomic E-state index is 13.0. The Balaban J connectivity index is 1.90. The van der Waals surface area contributed by atoms with E-state index in [0.717, 1.165) is 12.8 Å². The molecule has 0 radical (unpaired) electrons. The van der Waals surface area contributed by atoms with Crippen LogP contribution in [0, 0.1) is 23.7 Å². The highest BCUT2D eigenvalue weighted by molar-refractivity contribution is 6.32. The number of hydrogen-bond donors (Lipinski definition) is 1. The molecule has 1 N–H and O–H groups in total. The molecule has 2 aliphatic rings. The topological polar surface area (TPSA) is 58.6 Å². The number of hydrogen-bond acceptors (Lipinski definition) is 3. The fourth-order valence-electron chi connectivity index (χ4n) is 3.11. The Labute approximate surface area is 171 Å². The van der Waals surface area contributed by atoms with Crippen molar-refractivity contribution in [2.24, 2.45) is 11.3 Å². The second-order valence-electron chi connectivity index (χ2n) is 8.74. The van der Waals surface area contributed by atoms with Gasteiger partial charge in [0.1, 0.15) is 11.8 Å². The summed E-state index contributed by atoms with van der Waals surface area (Å²) in [5.41, 5.74) is -0.0448. The largest absolute Gasteiger partial charge is 0.492 e. The van der Waals surface area contributed by atoms with Crippen molar-refractivity contribution in [3.8, 4) is 18.1 Å². The van der Waals surface area contributed by atoms with E-state index in [9.17, 15) is 9.59 Å². The first-order chi connectivity index (χ1) is 13.2. The van der Waals surface area contributed by atoms with E-state index in [0.29, 0.717) is 29.0 Å². The lowest BCUT2D eigenvalue weighted by Crippen LogP contribution is -2.56. The van der Waals surface area contributed by atoms with Gasteiger partial charge in [-0.05, 0) is 61.1 Å². The number of carbonyl (C=O) groups is 2. The van der Waals surface area contributed by atoms with E-state index in [4.69, 9.17) is 22.8 Å². The zero-order valence-electron chi connectivity index (χ0n) is 16.6. The van der Waals surface area contributed by atoms with Gasteiger partial charge >= 0.3 is 5.91 Å². The molecule has 150 valence electrons. The summed E-state index contributed by atoms with van der Waals surface area (Å²) in [5, 5.41) is 3.39. The van der Waals surface area contributed by atoms with Crippen LogP contribution in [-0.2, 0) is 9.59 Å². The van der Waals surface area contributed by atoms with Gasteiger partial charge in [-0.2, -0.15) is 0 Å². The minimum Gasteiger partial charge on any atom is -0.492 e. The van der Waals surface area contributed by atoms with Gasteiger partial charge < -0.3 is 10.1 Å². The summed E-state index contributed by atoms with van der Waals surface area (Å²) in [7, 11) is 0. The van der Waals surface area contributed by atoms with E-state index in [1.165, 1.54) is 17.7 Å². The molecule has 2 fully saturated rings. The van der Waals surface area contributed by atoms with E-state index in [-0.39, 0.29) is 11.9 Å². The second-order valence-corrected chi connectivity index (χ2v) is 9.15. The Morgan fingerprint density at radius 3 is 2.50 bits per heavy atom. The summed E-state index contributed by atoms with van der Waals surface area (Å²) in [6.45, 7) is 6.38. The number of anilines is 1. The summed E-state index contributed by atoms with van der Waals surface area (Å²) < 4.78 is 5.76. The van der Waals surface area contributed by atoms with Crippen LogP contribution in [-0.4, -0.2) is 30.5 Å². The standard InChI is InChI=1S/C22H27ClN2O3/c1-5-19(26)25(20(22(2,3)4)21(27)24-15-8-9-15)16-10-11-18(17(23)12-16)28-13-14-6-7-14/h1,10-12,14-15,20H,6-9,13H2,2-4H3,(H,24,27). The van der Waals surface area contributed by atoms with Crippen molar-refractivity contribution in [3.63, 3.8) is 0 Å². The van der Waals surface area contributed by atoms with Crippen molar-refractivity contribution in [3.05, 3.63) is 23.2 Å². The van der Waals surface area contributed by atoms with E-state index < -0.39 is 17.4 Å². The number of terminal acetylenes is 1. The van der Waals surface area contributed by atoms with Crippen molar-refractivity contribution in [2.45, 2.75) is 58.5 Å². The molecular weight excluding hydrogens is 376 g/mol. The van der Waals surface area contributed by atoms with Crippen molar-refractivity contribution < 1.29 is 14.3 Å². The van der Waals surface area contributed by atoms with Gasteiger partial charge in [0.05, 0.1) is 11.6 Å². The fraction of sp³-hybridized carbons (Fsp3) is 0.545. The molecule has 0 saturated heterocycles. The van der Waals surface area contributed by atoms with Crippen LogP contribution < -0.4 is 15.0 Å². The molecule has 1 unspecified atom stereocenters. The van der Waals surface area contributed by atoms with Gasteiger partial charge in [0, 0.05) is 11.7 Å². The Morgan fingerprint density at radius 1 is 1.32 bits per heavy atom. The Kier molecular flexibility index (Phi) is 5.90. The molecular formula is C22H27ClN2O3. The number of carbonyl (C=O) groups excluding carboxylic acids is 2. The van der Waals surface area contributed by atoms with Gasteiger partial charge in [-0.25, -0.2) is 0 Å². The molecule has 2 aliphatic carbocycles. The Hall–Kier alpha value is -2.19. The van der Waals surface area contributed by atoms with Crippen molar-refractivity contribution in [2.75, 3.05) is 11.5 Å². The number of ether oxygens (including phenoxy) is 1.